The molecule has 0 saturated heterocycles. The van der Waals surface area contributed by atoms with E-state index in [0.717, 1.165) is 0 Å². The van der Waals surface area contributed by atoms with Gasteiger partial charge >= 0.3 is 0 Å². The van der Waals surface area contributed by atoms with Gasteiger partial charge in [-0.1, -0.05) is 217 Å². The van der Waals surface area contributed by atoms with Crippen LogP contribution < -0.4 is 34.4 Å². The molecule has 90 heavy (non-hydrogen) atoms. The molecule has 6 aliphatic carbocycles. The SMILES string of the molecule is [2H]c1c([2H])c([2H])c(C2(N)C(=O)C([2H])([2H])C([2H])([2H])C([2H])([2H])C2([2H])[2H])c(Cl)c1[2H].[2H]c1c([2H])c([2H])c(C2(N)C(=O)C([2H])([2H])C([2H])([2H])CC2([2H])[2H])c(Cl)c1[2H].[2H]c1c([2H])c([2H])c(C2(N)C(=O)C([2H])([2H])CC([2H])([2H])C2([2H])[2H])c(Cl)c1[2H].[2H]c1c([2H])c([2H])c(C2(N)C(=O)CC([2H])([2H])C([2H])([2H])C2([2H])[2H])c(Cl)c1[2H].[2H]c1c([2H])c([2H])c(C2(N)C(=O)CC([2H])([2H])CC2([2H])[2H])c(Cl)c1[2H].[2H]c1c([2H])c([2H])c(C2(N)C(=O)CCC([2H])([2H])C2([2H])[2H])c(Cl)c1[2H]. The fraction of sp³-hybridized carbons (Fsp3) is 0.417. The van der Waals surface area contributed by atoms with Gasteiger partial charge < -0.3 is 34.4 Å². The van der Waals surface area contributed by atoms with Crippen LogP contribution >= 0.6 is 69.6 Å². The number of carbonyl (C=O) groups is 6. The van der Waals surface area contributed by atoms with Gasteiger partial charge in [-0.05, 0) is 146 Å². The molecule has 6 fully saturated rings. The molecular weight excluding hydrogens is 1260 g/mol. The van der Waals surface area contributed by atoms with Gasteiger partial charge in [0.25, 0.3) is 0 Å². The second-order valence-electron chi connectivity index (χ2n) is 18.2. The van der Waals surface area contributed by atoms with Crippen LogP contribution in [0.2, 0.25) is 30.1 Å². The van der Waals surface area contributed by atoms with E-state index in [1.807, 2.05) is 0 Å². The topological polar surface area (TPSA) is 259 Å². The normalized spacial score (nSPS) is 45.5. The van der Waals surface area contributed by atoms with Gasteiger partial charge in [0.05, 0.1) is 32.9 Å². The van der Waals surface area contributed by atoms with E-state index in [0.29, 0.717) is 0 Å². The van der Waals surface area contributed by atoms with Crippen molar-refractivity contribution in [3.63, 3.8) is 0 Å². The molecule has 12 nitrogen and oxygen atoms in total. The van der Waals surface area contributed by atoms with Gasteiger partial charge in [0, 0.05) is 115 Å². The molecule has 0 radical (unpaired) electrons. The largest absolute Gasteiger partial charge is 0.315 e. The van der Waals surface area contributed by atoms with Crippen molar-refractivity contribution in [3.05, 3.63) is 209 Å². The highest BCUT2D eigenvalue weighted by molar-refractivity contribution is 6.33. The van der Waals surface area contributed by atoms with Crippen LogP contribution in [-0.4, -0.2) is 34.7 Å². The molecular formula is C72H84Cl6N6O6. The predicted octanol–water partition coefficient (Wildman–Crippen LogP) is 15.8. The van der Waals surface area contributed by atoms with Crippen LogP contribution in [0.25, 0.3) is 0 Å². The second kappa shape index (κ2) is 32.6. The predicted molar refractivity (Wildman–Crippen MR) is 365 cm³/mol. The Morgan fingerprint density at radius 1 is 0.267 bits per heavy atom. The van der Waals surface area contributed by atoms with Crippen LogP contribution in [0.5, 0.6) is 0 Å². The maximum absolute atomic E-state index is 12.8. The summed E-state index contributed by atoms with van der Waals surface area (Å²) in [5, 5.41) is -4.14. The van der Waals surface area contributed by atoms with Crippen molar-refractivity contribution in [2.75, 3.05) is 0 Å². The molecule has 6 aromatic rings. The van der Waals surface area contributed by atoms with Crippen LogP contribution in [-0.2, 0) is 62.0 Å². The standard InChI is InChI=1S/6C12H14ClNO/c6*13-10-6-2-1-5-9(10)12(14)8-4-3-7-11(12)15/h6*1-2,5-6H,3-4,7-8,14H2/i1D,2D,3D2,4D2,5D,6D,7D2,8D2;1D,2D,4D2,5D,6D,7D2,8D2;1D,2D,3D2,5D,6D,7D2,8D2;1D,2D,3D2,4D2,5D,6D,8D2;1D,2D,4D2,5D,6D,8D2;1D,2D,3D2,5D,6D,8D2. The van der Waals surface area contributed by atoms with E-state index >= 15 is 0 Å². The molecule has 0 heterocycles. The van der Waals surface area contributed by atoms with Crippen molar-refractivity contribution in [1.82, 2.24) is 0 Å². The zero-order chi connectivity index (χ0) is 117. The minimum absolute atomic E-state index is 0.359. The Balaban J connectivity index is 0.000000241. The van der Waals surface area contributed by atoms with Crippen molar-refractivity contribution in [2.45, 2.75) is 187 Å². The zero-order valence-corrected chi connectivity index (χ0v) is 50.2. The highest BCUT2D eigenvalue weighted by Crippen LogP contribution is 2.41. The molecule has 0 aromatic heterocycles. The lowest BCUT2D eigenvalue weighted by molar-refractivity contribution is -0.127. The van der Waals surface area contributed by atoms with Gasteiger partial charge in [-0.2, -0.15) is 0 Å². The molecule has 18 heteroatoms. The molecule has 12 N–H and O–H groups in total. The van der Waals surface area contributed by atoms with Crippen LogP contribution in [0.1, 0.15) is 266 Å². The second-order valence-corrected chi connectivity index (χ2v) is 20.5. The highest BCUT2D eigenvalue weighted by Gasteiger charge is 2.43. The fourth-order valence-corrected chi connectivity index (χ4v) is 9.16. The van der Waals surface area contributed by atoms with Gasteiger partial charge in [-0.25, -0.2) is 0 Å². The van der Waals surface area contributed by atoms with Crippen molar-refractivity contribution >= 4 is 104 Å². The molecule has 6 unspecified atom stereocenters. The fourth-order valence-electron chi connectivity index (χ4n) is 7.70. The van der Waals surface area contributed by atoms with E-state index in [2.05, 4.69) is 0 Å². The summed E-state index contributed by atoms with van der Waals surface area (Å²) in [6.07, 6.45) is -57.3. The molecule has 6 atom stereocenters. The number of ketones is 6. The van der Waals surface area contributed by atoms with E-state index in [9.17, 15) is 28.8 Å². The summed E-state index contributed by atoms with van der Waals surface area (Å²) in [5.41, 5.74) is 13.7. The Bertz CT molecular complexity index is 6340. The Morgan fingerprint density at radius 3 is 0.911 bits per heavy atom. The number of rotatable bonds is 6. The lowest BCUT2D eigenvalue weighted by Gasteiger charge is -2.32. The number of hydrogen-bond donors (Lipinski definition) is 6. The minimum Gasteiger partial charge on any atom is -0.315 e. The molecule has 6 saturated carbocycles. The first-order valence-corrected chi connectivity index (χ1v) is 27.4. The Morgan fingerprint density at radius 2 is 0.522 bits per heavy atom. The smallest absolute Gasteiger partial charge is 0.157 e. The van der Waals surface area contributed by atoms with Crippen LogP contribution in [0.4, 0.5) is 0 Å². The quantitative estimate of drug-likeness (QED) is 0.0910. The van der Waals surface area contributed by atoms with Crippen molar-refractivity contribution in [2.24, 2.45) is 34.4 Å². The third-order valence-electron chi connectivity index (χ3n) is 12.5. The number of halogens is 6. The third kappa shape index (κ3) is 17.0. The lowest BCUT2D eigenvalue weighted by Crippen LogP contribution is -2.47. The first-order valence-electron chi connectivity index (χ1n) is 54.1. The molecule has 6 aromatic carbocycles. The molecule has 0 aliphatic heterocycles. The third-order valence-corrected chi connectivity index (χ3v) is 14.2. The maximum atomic E-state index is 12.8. The molecule has 6 aliphatic rings. The number of hydrogen-bond acceptors (Lipinski definition) is 12. The summed E-state index contributed by atoms with van der Waals surface area (Å²) in [6.45, 7) is 0. The van der Waals surface area contributed by atoms with E-state index < -0.39 is 417 Å². The molecule has 0 spiro atoms. The van der Waals surface area contributed by atoms with Crippen molar-refractivity contribution < 1.29 is 108 Å². The van der Waals surface area contributed by atoms with E-state index in [-0.39, 0.29) is 12.8 Å². The molecule has 12 rings (SSSR count). The number of Topliss-reactive ketones (excluding diaryl/α,β-unsaturated/α-hetero) is 6. The summed E-state index contributed by atoms with van der Waals surface area (Å²) in [7, 11) is 0. The maximum Gasteiger partial charge on any atom is 0.157 e. The number of carbonyl (C=O) groups excluding carboxylic acids is 6. The number of benzene rings is 6. The highest BCUT2D eigenvalue weighted by atomic mass is 35.5. The summed E-state index contributed by atoms with van der Waals surface area (Å²) >= 11 is 35.6. The summed E-state index contributed by atoms with van der Waals surface area (Å²) in [6, 6.07) is -18.6. The Hall–Kier alpha value is -5.16. The van der Waals surface area contributed by atoms with Gasteiger partial charge in [0.1, 0.15) is 33.2 Å². The van der Waals surface area contributed by atoms with E-state index in [1.165, 1.54) is 0 Å². The van der Waals surface area contributed by atoms with E-state index in [1.54, 1.807) is 0 Å². The summed E-state index contributed by atoms with van der Waals surface area (Å²) < 4.78 is 453. The average Bonchev–Trinajstić information content (AvgIpc) is 0.663. The summed E-state index contributed by atoms with van der Waals surface area (Å²) in [5.74, 6) is -8.23. The first kappa shape index (κ1) is 26.9. The average molecular weight is 1400 g/mol. The lowest BCUT2D eigenvalue weighted by atomic mass is 9.76. The van der Waals surface area contributed by atoms with Gasteiger partial charge in [-0.3, -0.25) is 28.8 Å². The van der Waals surface area contributed by atoms with Crippen LogP contribution in [0.3, 0.4) is 0 Å². The van der Waals surface area contributed by atoms with Gasteiger partial charge in [-0.15, -0.1) is 0 Å². The van der Waals surface area contributed by atoms with Gasteiger partial charge in [0.2, 0.25) is 0 Å². The van der Waals surface area contributed by atoms with E-state index in [4.69, 9.17) is 184 Å². The first-order chi connectivity index (χ1) is 65.5. The van der Waals surface area contributed by atoms with Crippen molar-refractivity contribution in [1.29, 1.82) is 0 Å². The van der Waals surface area contributed by atoms with Crippen LogP contribution in [0.15, 0.2) is 145 Å². The van der Waals surface area contributed by atoms with Crippen LogP contribution in [0, 0.1) is 0 Å². The van der Waals surface area contributed by atoms with Gasteiger partial charge in [0.15, 0.2) is 34.7 Å². The molecule has 0 amide bonds. The molecule has 480 valence electrons. The molecule has 0 bridgehead atoms. The van der Waals surface area contributed by atoms with Crippen molar-refractivity contribution in [3.8, 4) is 0 Å². The monoisotopic (exact) mass is 1400 g/mol. The Labute approximate surface area is 641 Å². The number of nitrogens with two attached hydrogens (primary N) is 6. The Kier molecular flexibility index (Phi) is 9.75. The zero-order valence-electron chi connectivity index (χ0n) is 104. The summed E-state index contributed by atoms with van der Waals surface area (Å²) in [4.78, 5) is 75.6. The minimum atomic E-state index is -3.67.